The number of nitrogens with one attached hydrogen (secondary N) is 3. The summed E-state index contributed by atoms with van der Waals surface area (Å²) in [7, 11) is 0. The molecule has 0 aliphatic carbocycles. The van der Waals surface area contributed by atoms with Gasteiger partial charge in [0.25, 0.3) is 11.8 Å². The maximum atomic E-state index is 12.4. The van der Waals surface area contributed by atoms with Crippen molar-refractivity contribution in [2.75, 3.05) is 18.4 Å². The maximum Gasteiger partial charge on any atom is 0.263 e. The molecule has 2 aromatic rings. The zero-order valence-electron chi connectivity index (χ0n) is 13.4. The fourth-order valence-electron chi connectivity index (χ4n) is 2.51. The van der Waals surface area contributed by atoms with Crippen LogP contribution in [0.25, 0.3) is 0 Å². The first-order valence-electron chi connectivity index (χ1n) is 7.54. The van der Waals surface area contributed by atoms with Crippen molar-refractivity contribution in [3.63, 3.8) is 0 Å². The highest BCUT2D eigenvalue weighted by atomic mass is 35.5. The lowest BCUT2D eigenvalue weighted by atomic mass is 10.1. The number of carbonyl (C=O) groups is 2. The minimum Gasteiger partial charge on any atom is -0.347 e. The van der Waals surface area contributed by atoms with Crippen LogP contribution in [0.15, 0.2) is 36.0 Å². The van der Waals surface area contributed by atoms with Gasteiger partial charge < -0.3 is 16.0 Å². The standard InChI is InChI=1S/C16H18N4O2S.2ClH/c21-15(11-3-7-17-8-4-11)20-13-5-9-23-14(13)16(22)19-12-2-1-6-18-10-12;;/h3-5,7-9,12,18H,1-2,6,10H2,(H,19,22)(H,20,21);2*1H. The number of thiophene rings is 1. The van der Waals surface area contributed by atoms with E-state index in [0.717, 1.165) is 25.9 Å². The van der Waals surface area contributed by atoms with Gasteiger partial charge in [-0.05, 0) is 43.0 Å². The van der Waals surface area contributed by atoms with E-state index < -0.39 is 0 Å². The van der Waals surface area contributed by atoms with Gasteiger partial charge in [-0.25, -0.2) is 0 Å². The average molecular weight is 403 g/mol. The highest BCUT2D eigenvalue weighted by Gasteiger charge is 2.20. The van der Waals surface area contributed by atoms with Crippen molar-refractivity contribution in [2.24, 2.45) is 0 Å². The van der Waals surface area contributed by atoms with E-state index in [1.807, 2.05) is 0 Å². The highest BCUT2D eigenvalue weighted by molar-refractivity contribution is 7.12. The molecule has 1 fully saturated rings. The Hall–Kier alpha value is -1.67. The Labute approximate surface area is 162 Å². The molecule has 3 heterocycles. The predicted octanol–water partition coefficient (Wildman–Crippen LogP) is 2.72. The molecule has 1 aliphatic rings. The number of halogens is 2. The molecule has 3 rings (SSSR count). The largest absolute Gasteiger partial charge is 0.347 e. The predicted molar refractivity (Wildman–Crippen MR) is 104 cm³/mol. The molecule has 0 radical (unpaired) electrons. The highest BCUT2D eigenvalue weighted by Crippen LogP contribution is 2.23. The summed E-state index contributed by atoms with van der Waals surface area (Å²) in [5, 5.41) is 10.9. The second kappa shape index (κ2) is 10.4. The van der Waals surface area contributed by atoms with Crippen LogP contribution in [0.2, 0.25) is 0 Å². The fraction of sp³-hybridized carbons (Fsp3) is 0.312. The topological polar surface area (TPSA) is 83.1 Å². The van der Waals surface area contributed by atoms with Crippen LogP contribution in [0.3, 0.4) is 0 Å². The van der Waals surface area contributed by atoms with E-state index >= 15 is 0 Å². The van der Waals surface area contributed by atoms with Gasteiger partial charge in [0, 0.05) is 30.5 Å². The first kappa shape index (κ1) is 21.4. The molecule has 3 N–H and O–H groups in total. The quantitative estimate of drug-likeness (QED) is 0.733. The van der Waals surface area contributed by atoms with E-state index in [2.05, 4.69) is 20.9 Å². The number of nitrogens with zero attached hydrogens (tertiary/aromatic N) is 1. The third kappa shape index (κ3) is 5.67. The van der Waals surface area contributed by atoms with Gasteiger partial charge >= 0.3 is 0 Å². The fourth-order valence-corrected chi connectivity index (χ4v) is 3.26. The minimum absolute atomic E-state index is 0. The Morgan fingerprint density at radius 3 is 2.60 bits per heavy atom. The summed E-state index contributed by atoms with van der Waals surface area (Å²) >= 11 is 1.32. The third-order valence-electron chi connectivity index (χ3n) is 3.69. The molecule has 1 atom stereocenters. The van der Waals surface area contributed by atoms with Crippen molar-refractivity contribution in [3.8, 4) is 0 Å². The zero-order chi connectivity index (χ0) is 16.1. The van der Waals surface area contributed by atoms with Crippen LogP contribution < -0.4 is 16.0 Å². The monoisotopic (exact) mass is 402 g/mol. The molecule has 9 heteroatoms. The van der Waals surface area contributed by atoms with E-state index in [1.165, 1.54) is 11.3 Å². The normalized spacial score (nSPS) is 16.1. The van der Waals surface area contributed by atoms with Crippen LogP contribution in [-0.2, 0) is 0 Å². The number of pyridine rings is 1. The number of hydrogen-bond acceptors (Lipinski definition) is 5. The lowest BCUT2D eigenvalue weighted by molar-refractivity contribution is 0.0935. The second-order valence-corrected chi connectivity index (χ2v) is 6.29. The van der Waals surface area contributed by atoms with Gasteiger partial charge in [0.15, 0.2) is 0 Å². The number of amides is 2. The summed E-state index contributed by atoms with van der Waals surface area (Å²) in [6, 6.07) is 5.16. The van der Waals surface area contributed by atoms with Crippen molar-refractivity contribution >= 4 is 53.7 Å². The van der Waals surface area contributed by atoms with E-state index in [-0.39, 0.29) is 42.7 Å². The number of aromatic nitrogens is 1. The number of rotatable bonds is 4. The average Bonchev–Trinajstić information content (AvgIpc) is 3.05. The Morgan fingerprint density at radius 1 is 1.16 bits per heavy atom. The second-order valence-electron chi connectivity index (χ2n) is 5.37. The summed E-state index contributed by atoms with van der Waals surface area (Å²) in [6.07, 6.45) is 5.16. The SMILES string of the molecule is Cl.Cl.O=C(Nc1ccsc1C(=O)NC1CCCNC1)c1ccncc1. The van der Waals surface area contributed by atoms with Crippen LogP contribution >= 0.6 is 36.2 Å². The molecule has 25 heavy (non-hydrogen) atoms. The Kier molecular flexibility index (Phi) is 8.85. The molecule has 6 nitrogen and oxygen atoms in total. The van der Waals surface area contributed by atoms with Gasteiger partial charge in [-0.2, -0.15) is 0 Å². The van der Waals surface area contributed by atoms with Crippen LogP contribution in [0, 0.1) is 0 Å². The van der Waals surface area contributed by atoms with Crippen molar-refractivity contribution < 1.29 is 9.59 Å². The first-order chi connectivity index (χ1) is 11.2. The van der Waals surface area contributed by atoms with Crippen molar-refractivity contribution in [1.29, 1.82) is 0 Å². The van der Waals surface area contributed by atoms with Gasteiger partial charge in [0.2, 0.25) is 0 Å². The molecule has 0 spiro atoms. The molecule has 1 aliphatic heterocycles. The summed E-state index contributed by atoms with van der Waals surface area (Å²) < 4.78 is 0. The molecule has 136 valence electrons. The Bertz CT molecular complexity index is 690. The van der Waals surface area contributed by atoms with E-state index in [4.69, 9.17) is 0 Å². The Balaban J connectivity index is 0.00000156. The smallest absolute Gasteiger partial charge is 0.263 e. The van der Waals surface area contributed by atoms with Crippen molar-refractivity contribution in [2.45, 2.75) is 18.9 Å². The number of carbonyl (C=O) groups excluding carboxylic acids is 2. The van der Waals surface area contributed by atoms with Crippen LogP contribution in [0.1, 0.15) is 32.9 Å². The van der Waals surface area contributed by atoms with Gasteiger partial charge in [-0.1, -0.05) is 0 Å². The van der Waals surface area contributed by atoms with Gasteiger partial charge in [0.1, 0.15) is 4.88 Å². The molecule has 1 unspecified atom stereocenters. The summed E-state index contributed by atoms with van der Waals surface area (Å²) in [4.78, 5) is 29.0. The van der Waals surface area contributed by atoms with Crippen molar-refractivity contribution in [1.82, 2.24) is 15.6 Å². The lowest BCUT2D eigenvalue weighted by Gasteiger charge is -2.23. The zero-order valence-corrected chi connectivity index (χ0v) is 15.8. The molecule has 0 bridgehead atoms. The molecular weight excluding hydrogens is 383 g/mol. The van der Waals surface area contributed by atoms with E-state index in [1.54, 1.807) is 36.0 Å². The summed E-state index contributed by atoms with van der Waals surface area (Å²) in [5.74, 6) is -0.391. The number of anilines is 1. The number of piperidine rings is 1. The molecule has 2 aromatic heterocycles. The van der Waals surface area contributed by atoms with Crippen molar-refractivity contribution in [3.05, 3.63) is 46.4 Å². The lowest BCUT2D eigenvalue weighted by Crippen LogP contribution is -2.45. The first-order valence-corrected chi connectivity index (χ1v) is 8.42. The van der Waals surface area contributed by atoms with Crippen LogP contribution in [-0.4, -0.2) is 35.9 Å². The molecule has 2 amide bonds. The molecule has 0 aromatic carbocycles. The Morgan fingerprint density at radius 2 is 1.92 bits per heavy atom. The van der Waals surface area contributed by atoms with Crippen LogP contribution in [0.4, 0.5) is 5.69 Å². The molecular formula is C16H20Cl2N4O2S. The molecule has 0 saturated carbocycles. The molecule has 1 saturated heterocycles. The van der Waals surface area contributed by atoms with Gasteiger partial charge in [0.05, 0.1) is 5.69 Å². The third-order valence-corrected chi connectivity index (χ3v) is 4.61. The number of hydrogen-bond donors (Lipinski definition) is 3. The van der Waals surface area contributed by atoms with Gasteiger partial charge in [-0.15, -0.1) is 36.2 Å². The van der Waals surface area contributed by atoms with E-state index in [0.29, 0.717) is 16.1 Å². The summed E-state index contributed by atoms with van der Waals surface area (Å²) in [6.45, 7) is 1.79. The maximum absolute atomic E-state index is 12.4. The summed E-state index contributed by atoms with van der Waals surface area (Å²) in [5.41, 5.74) is 1.05. The van der Waals surface area contributed by atoms with Gasteiger partial charge in [-0.3, -0.25) is 14.6 Å². The van der Waals surface area contributed by atoms with E-state index in [9.17, 15) is 9.59 Å². The minimum atomic E-state index is -0.251. The van der Waals surface area contributed by atoms with Crippen LogP contribution in [0.5, 0.6) is 0 Å².